The summed E-state index contributed by atoms with van der Waals surface area (Å²) in [6, 6.07) is 6.55. The van der Waals surface area contributed by atoms with E-state index in [9.17, 15) is 0 Å². The van der Waals surface area contributed by atoms with Gasteiger partial charge in [0.1, 0.15) is 0 Å². The van der Waals surface area contributed by atoms with Crippen LogP contribution in [0.25, 0.3) is 0 Å². The number of rotatable bonds is 6. The fourth-order valence-corrected chi connectivity index (χ4v) is 4.13. The molecule has 0 atom stereocenters. The van der Waals surface area contributed by atoms with Gasteiger partial charge in [0.15, 0.2) is 11.1 Å². The van der Waals surface area contributed by atoms with E-state index < -0.39 is 0 Å². The molecule has 0 radical (unpaired) electrons. The zero-order valence-corrected chi connectivity index (χ0v) is 16.8. The van der Waals surface area contributed by atoms with Gasteiger partial charge in [-0.25, -0.2) is 4.98 Å². The van der Waals surface area contributed by atoms with Gasteiger partial charge >= 0.3 is 0 Å². The molecule has 0 amide bonds. The van der Waals surface area contributed by atoms with E-state index in [0.29, 0.717) is 0 Å². The lowest BCUT2D eigenvalue weighted by molar-refractivity contribution is 0.783. The lowest BCUT2D eigenvalue weighted by atomic mass is 10.1. The molecule has 26 heavy (non-hydrogen) atoms. The highest BCUT2D eigenvalue weighted by atomic mass is 32.1. The molecular formula is C20H29N5S. The van der Waals surface area contributed by atoms with Crippen molar-refractivity contribution in [2.45, 2.75) is 39.7 Å². The maximum absolute atomic E-state index is 4.77. The molecule has 2 aromatic rings. The van der Waals surface area contributed by atoms with Crippen molar-refractivity contribution in [2.24, 2.45) is 4.99 Å². The number of guanidine groups is 1. The summed E-state index contributed by atoms with van der Waals surface area (Å²) in [5.41, 5.74) is 5.07. The highest BCUT2D eigenvalue weighted by Crippen LogP contribution is 2.24. The SMILES string of the molecule is CN=C(NCCc1csc(N2CCCC2)n1)NCc1ccc(C)cc1C. The Morgan fingerprint density at radius 1 is 1.23 bits per heavy atom. The fourth-order valence-electron chi connectivity index (χ4n) is 3.22. The van der Waals surface area contributed by atoms with Gasteiger partial charge < -0.3 is 15.5 Å². The predicted molar refractivity (Wildman–Crippen MR) is 111 cm³/mol. The van der Waals surface area contributed by atoms with Crippen molar-refractivity contribution in [1.82, 2.24) is 15.6 Å². The Labute approximate surface area is 160 Å². The highest BCUT2D eigenvalue weighted by molar-refractivity contribution is 7.13. The lowest BCUT2D eigenvalue weighted by Crippen LogP contribution is -2.38. The molecule has 0 unspecified atom stereocenters. The van der Waals surface area contributed by atoms with E-state index in [4.69, 9.17) is 4.98 Å². The first kappa shape index (κ1) is 18.7. The van der Waals surface area contributed by atoms with Crippen LogP contribution in [0.1, 0.15) is 35.2 Å². The van der Waals surface area contributed by atoms with Crippen LogP contribution in [0.4, 0.5) is 5.13 Å². The summed E-state index contributed by atoms with van der Waals surface area (Å²) in [6.45, 7) is 8.19. The minimum Gasteiger partial charge on any atom is -0.356 e. The average molecular weight is 372 g/mol. The molecule has 1 aromatic carbocycles. The van der Waals surface area contributed by atoms with Crippen LogP contribution in [-0.2, 0) is 13.0 Å². The normalized spacial score (nSPS) is 14.7. The first-order valence-electron chi connectivity index (χ1n) is 9.35. The molecule has 1 aliphatic heterocycles. The number of hydrogen-bond donors (Lipinski definition) is 2. The summed E-state index contributed by atoms with van der Waals surface area (Å²) in [6.07, 6.45) is 3.49. The van der Waals surface area contributed by atoms with Crippen LogP contribution in [0.15, 0.2) is 28.6 Å². The van der Waals surface area contributed by atoms with E-state index in [2.05, 4.69) is 58.0 Å². The van der Waals surface area contributed by atoms with Crippen LogP contribution in [0.2, 0.25) is 0 Å². The number of thiazole rings is 1. The van der Waals surface area contributed by atoms with E-state index in [1.165, 1.54) is 34.7 Å². The minimum atomic E-state index is 0.779. The average Bonchev–Trinajstić information content (AvgIpc) is 3.30. The van der Waals surface area contributed by atoms with Gasteiger partial charge in [0.2, 0.25) is 0 Å². The van der Waals surface area contributed by atoms with Gasteiger partial charge in [0.25, 0.3) is 0 Å². The number of hydrogen-bond acceptors (Lipinski definition) is 4. The summed E-state index contributed by atoms with van der Waals surface area (Å²) in [5.74, 6) is 0.833. The summed E-state index contributed by atoms with van der Waals surface area (Å²) in [4.78, 5) is 11.5. The second-order valence-corrected chi connectivity index (χ2v) is 7.68. The predicted octanol–water partition coefficient (Wildman–Crippen LogP) is 3.27. The van der Waals surface area contributed by atoms with Crippen molar-refractivity contribution < 1.29 is 0 Å². The third-order valence-corrected chi connectivity index (χ3v) is 5.71. The highest BCUT2D eigenvalue weighted by Gasteiger charge is 2.15. The quantitative estimate of drug-likeness (QED) is 0.604. The van der Waals surface area contributed by atoms with Crippen LogP contribution in [0.5, 0.6) is 0 Å². The van der Waals surface area contributed by atoms with Crippen molar-refractivity contribution in [3.8, 4) is 0 Å². The Kier molecular flexibility index (Phi) is 6.50. The van der Waals surface area contributed by atoms with Crippen molar-refractivity contribution >= 4 is 22.4 Å². The summed E-state index contributed by atoms with van der Waals surface area (Å²) >= 11 is 1.76. The Bertz CT molecular complexity index is 746. The van der Waals surface area contributed by atoms with Gasteiger partial charge in [-0.2, -0.15) is 0 Å². The summed E-state index contributed by atoms with van der Waals surface area (Å²) < 4.78 is 0. The fraction of sp³-hybridized carbons (Fsp3) is 0.500. The molecule has 140 valence electrons. The summed E-state index contributed by atoms with van der Waals surface area (Å²) in [7, 11) is 1.81. The monoisotopic (exact) mass is 371 g/mol. The molecule has 1 aliphatic rings. The second-order valence-electron chi connectivity index (χ2n) is 6.85. The molecule has 6 heteroatoms. The molecule has 0 aliphatic carbocycles. The topological polar surface area (TPSA) is 52.6 Å². The van der Waals surface area contributed by atoms with Gasteiger partial charge in [0, 0.05) is 45.0 Å². The zero-order chi connectivity index (χ0) is 18.4. The summed E-state index contributed by atoms with van der Waals surface area (Å²) in [5, 5.41) is 10.1. The lowest BCUT2D eigenvalue weighted by Gasteiger charge is -2.13. The molecule has 0 spiro atoms. The van der Waals surface area contributed by atoms with Gasteiger partial charge in [-0.3, -0.25) is 4.99 Å². The minimum absolute atomic E-state index is 0.779. The smallest absolute Gasteiger partial charge is 0.191 e. The number of aryl methyl sites for hydroxylation is 2. The number of aliphatic imine (C=N–C) groups is 1. The second kappa shape index (κ2) is 9.03. The molecule has 1 fully saturated rings. The molecule has 0 bridgehead atoms. The van der Waals surface area contributed by atoms with Gasteiger partial charge in [-0.05, 0) is 37.8 Å². The van der Waals surface area contributed by atoms with Gasteiger partial charge in [0.05, 0.1) is 5.69 Å². The van der Waals surface area contributed by atoms with Crippen LogP contribution in [0, 0.1) is 13.8 Å². The van der Waals surface area contributed by atoms with E-state index in [1.54, 1.807) is 11.3 Å². The third kappa shape index (κ3) is 4.97. The number of aromatic nitrogens is 1. The molecule has 1 saturated heterocycles. The number of nitrogens with one attached hydrogen (secondary N) is 2. The van der Waals surface area contributed by atoms with Crippen molar-refractivity contribution in [1.29, 1.82) is 0 Å². The molecule has 2 heterocycles. The standard InChI is InChI=1S/C20H29N5S/c1-15-6-7-17(16(2)12-15)13-23-19(21-3)22-9-8-18-14-26-20(24-18)25-10-4-5-11-25/h6-7,12,14H,4-5,8-11,13H2,1-3H3,(H2,21,22,23). The van der Waals surface area contributed by atoms with Crippen molar-refractivity contribution in [3.05, 3.63) is 46.0 Å². The maximum atomic E-state index is 4.77. The first-order chi connectivity index (χ1) is 12.7. The Morgan fingerprint density at radius 3 is 2.77 bits per heavy atom. The van der Waals surface area contributed by atoms with Gasteiger partial charge in [-0.15, -0.1) is 11.3 Å². The molecule has 5 nitrogen and oxygen atoms in total. The molecule has 0 saturated carbocycles. The van der Waals surface area contributed by atoms with Crippen LogP contribution in [0.3, 0.4) is 0 Å². The maximum Gasteiger partial charge on any atom is 0.191 e. The van der Waals surface area contributed by atoms with Crippen LogP contribution in [-0.4, -0.2) is 37.6 Å². The Hall–Kier alpha value is -2.08. The largest absolute Gasteiger partial charge is 0.356 e. The Morgan fingerprint density at radius 2 is 2.04 bits per heavy atom. The molecule has 2 N–H and O–H groups in total. The first-order valence-corrected chi connectivity index (χ1v) is 10.2. The Balaban J connectivity index is 1.44. The van der Waals surface area contributed by atoms with E-state index in [0.717, 1.165) is 44.3 Å². The van der Waals surface area contributed by atoms with E-state index in [1.807, 2.05) is 7.05 Å². The molecule has 1 aromatic heterocycles. The van der Waals surface area contributed by atoms with Crippen molar-refractivity contribution in [3.63, 3.8) is 0 Å². The third-order valence-electron chi connectivity index (χ3n) is 4.76. The van der Waals surface area contributed by atoms with Gasteiger partial charge in [-0.1, -0.05) is 23.8 Å². The molecular weight excluding hydrogens is 342 g/mol. The van der Waals surface area contributed by atoms with Crippen LogP contribution < -0.4 is 15.5 Å². The van der Waals surface area contributed by atoms with E-state index >= 15 is 0 Å². The molecule has 3 rings (SSSR count). The van der Waals surface area contributed by atoms with Crippen LogP contribution >= 0.6 is 11.3 Å². The number of nitrogens with zero attached hydrogens (tertiary/aromatic N) is 3. The van der Waals surface area contributed by atoms with Crippen molar-refractivity contribution in [2.75, 3.05) is 31.6 Å². The zero-order valence-electron chi connectivity index (χ0n) is 16.0. The number of anilines is 1. The van der Waals surface area contributed by atoms with E-state index in [-0.39, 0.29) is 0 Å². The number of benzene rings is 1.